The minimum Gasteiger partial charge on any atom is -0.334 e. The number of hydrogen-bond donors (Lipinski definition) is 2. The summed E-state index contributed by atoms with van der Waals surface area (Å²) < 4.78 is 93.8. The first-order valence-electron chi connectivity index (χ1n) is 14.0. The number of nitrogens with zero attached hydrogens (tertiary/aromatic N) is 3. The van der Waals surface area contributed by atoms with Gasteiger partial charge in [0.1, 0.15) is 18.0 Å². The highest BCUT2D eigenvalue weighted by Crippen LogP contribution is 2.36. The van der Waals surface area contributed by atoms with Crippen molar-refractivity contribution in [2.75, 3.05) is 19.6 Å². The number of carbonyl (C=O) groups excluding carboxylic acids is 3. The lowest BCUT2D eigenvalue weighted by atomic mass is 10.0. The number of unbranched alkanes of at least 4 members (excludes halogenated alkanes) is 1. The van der Waals surface area contributed by atoms with Crippen molar-refractivity contribution in [3.8, 4) is 0 Å². The van der Waals surface area contributed by atoms with E-state index in [0.29, 0.717) is 49.9 Å². The third-order valence-corrected chi connectivity index (χ3v) is 7.18. The molecule has 0 aliphatic carbocycles. The quantitative estimate of drug-likeness (QED) is 0.193. The molecule has 3 rings (SSSR count). The van der Waals surface area contributed by atoms with Gasteiger partial charge in [-0.3, -0.25) is 9.59 Å². The topological polar surface area (TPSA) is 99.0 Å². The fourth-order valence-electron chi connectivity index (χ4n) is 5.11. The summed E-state index contributed by atoms with van der Waals surface area (Å²) in [4.78, 5) is 43.1. The van der Waals surface area contributed by atoms with Crippen LogP contribution in [0.4, 0.5) is 35.5 Å². The molecule has 1 heterocycles. The van der Waals surface area contributed by atoms with E-state index in [2.05, 4.69) is 5.32 Å². The van der Waals surface area contributed by atoms with Crippen molar-refractivity contribution in [3.63, 3.8) is 0 Å². The number of alkyl halides is 6. The van der Waals surface area contributed by atoms with Gasteiger partial charge in [0.2, 0.25) is 12.3 Å². The number of carbonyl (C=O) groups is 3. The van der Waals surface area contributed by atoms with Crippen LogP contribution in [0.2, 0.25) is 0 Å². The van der Waals surface area contributed by atoms with E-state index in [1.54, 1.807) is 13.0 Å². The maximum absolute atomic E-state index is 13.9. The van der Waals surface area contributed by atoms with Crippen molar-refractivity contribution in [2.45, 2.75) is 70.3 Å². The number of benzene rings is 2. The zero-order valence-corrected chi connectivity index (χ0v) is 23.9. The summed E-state index contributed by atoms with van der Waals surface area (Å²) in [5.74, 6) is -0.942. The molecule has 2 aromatic carbocycles. The summed E-state index contributed by atoms with van der Waals surface area (Å²) in [6, 6.07) is 4.75. The van der Waals surface area contributed by atoms with Crippen LogP contribution < -0.4 is 11.1 Å². The first-order chi connectivity index (χ1) is 20.7. The van der Waals surface area contributed by atoms with Gasteiger partial charge in [0.25, 0.3) is 0 Å². The Hall–Kier alpha value is -3.88. The van der Waals surface area contributed by atoms with Gasteiger partial charge in [-0.05, 0) is 73.7 Å². The molecule has 0 radical (unpaired) electrons. The van der Waals surface area contributed by atoms with Gasteiger partial charge in [-0.2, -0.15) is 26.3 Å². The number of piperazine rings is 1. The number of hydrogen-bond acceptors (Lipinski definition) is 4. The van der Waals surface area contributed by atoms with Crippen LogP contribution in [0.1, 0.15) is 54.9 Å². The minimum absolute atomic E-state index is 0.00624. The van der Waals surface area contributed by atoms with Gasteiger partial charge in [0.15, 0.2) is 0 Å². The number of halogens is 7. The van der Waals surface area contributed by atoms with Gasteiger partial charge >= 0.3 is 18.4 Å². The van der Waals surface area contributed by atoms with E-state index in [9.17, 15) is 45.1 Å². The number of nitrogens with one attached hydrogen (secondary N) is 1. The van der Waals surface area contributed by atoms with E-state index in [0.717, 1.165) is 0 Å². The monoisotopic (exact) mass is 633 g/mol. The fraction of sp³-hybridized carbons (Fsp3) is 0.483. The summed E-state index contributed by atoms with van der Waals surface area (Å²) in [6.07, 6.45) is -9.09. The fourth-order valence-corrected chi connectivity index (χ4v) is 5.11. The first-order valence-corrected chi connectivity index (χ1v) is 14.0. The van der Waals surface area contributed by atoms with Crippen LogP contribution in [-0.2, 0) is 35.0 Å². The third kappa shape index (κ3) is 8.83. The Bertz CT molecular complexity index is 1270. The maximum Gasteiger partial charge on any atom is 0.416 e. The molecule has 1 aliphatic rings. The number of amides is 4. The second-order valence-electron chi connectivity index (χ2n) is 10.4. The van der Waals surface area contributed by atoms with E-state index in [4.69, 9.17) is 5.73 Å². The molecule has 1 fully saturated rings. The molecule has 44 heavy (non-hydrogen) atoms. The Kier molecular flexibility index (Phi) is 11.6. The molecule has 15 heteroatoms. The van der Waals surface area contributed by atoms with Gasteiger partial charge in [-0.15, -0.1) is 0 Å². The molecule has 0 spiro atoms. The van der Waals surface area contributed by atoms with Crippen molar-refractivity contribution >= 4 is 18.3 Å². The summed E-state index contributed by atoms with van der Waals surface area (Å²) >= 11 is 0. The van der Waals surface area contributed by atoms with Gasteiger partial charge in [0, 0.05) is 19.6 Å². The highest BCUT2D eigenvalue weighted by molar-refractivity contribution is 5.85. The second-order valence-corrected chi connectivity index (χ2v) is 10.4. The molecule has 242 valence electrons. The molecule has 4 amide bonds. The van der Waals surface area contributed by atoms with Crippen molar-refractivity contribution in [1.82, 2.24) is 20.0 Å². The lowest BCUT2D eigenvalue weighted by molar-refractivity contribution is -0.156. The van der Waals surface area contributed by atoms with Crippen LogP contribution in [0.5, 0.6) is 0 Å². The summed E-state index contributed by atoms with van der Waals surface area (Å²) in [5, 5.41) is 2.37. The highest BCUT2D eigenvalue weighted by Gasteiger charge is 2.43. The predicted molar refractivity (Wildman–Crippen MR) is 146 cm³/mol. The largest absolute Gasteiger partial charge is 0.416 e. The second kappa shape index (κ2) is 14.7. The Morgan fingerprint density at radius 3 is 2.25 bits per heavy atom. The molecular weight excluding hydrogens is 599 g/mol. The number of urea groups is 1. The zero-order chi connectivity index (χ0) is 32.7. The van der Waals surface area contributed by atoms with E-state index in [1.807, 2.05) is 0 Å². The maximum atomic E-state index is 13.9. The average molecular weight is 634 g/mol. The summed E-state index contributed by atoms with van der Waals surface area (Å²) in [7, 11) is 0. The zero-order valence-electron chi connectivity index (χ0n) is 23.9. The van der Waals surface area contributed by atoms with Crippen LogP contribution in [0.3, 0.4) is 0 Å². The van der Waals surface area contributed by atoms with E-state index < -0.39 is 65.6 Å². The molecule has 0 saturated carbocycles. The molecule has 1 aliphatic heterocycles. The van der Waals surface area contributed by atoms with E-state index in [-0.39, 0.29) is 32.1 Å². The molecule has 3 N–H and O–H groups in total. The Labute approximate surface area is 249 Å². The smallest absolute Gasteiger partial charge is 0.334 e. The van der Waals surface area contributed by atoms with Crippen molar-refractivity contribution in [1.29, 1.82) is 0 Å². The average Bonchev–Trinajstić information content (AvgIpc) is 2.95. The Balaban J connectivity index is 1.92. The van der Waals surface area contributed by atoms with Crippen LogP contribution in [0.25, 0.3) is 0 Å². The summed E-state index contributed by atoms with van der Waals surface area (Å²) in [6.45, 7) is 1.23. The molecule has 2 aromatic rings. The lowest BCUT2D eigenvalue weighted by Crippen LogP contribution is -2.67. The Morgan fingerprint density at radius 1 is 1.05 bits per heavy atom. The highest BCUT2D eigenvalue weighted by atomic mass is 19.4. The molecule has 1 saturated heterocycles. The van der Waals surface area contributed by atoms with Gasteiger partial charge in [0.05, 0.1) is 17.7 Å². The lowest BCUT2D eigenvalue weighted by Gasteiger charge is -2.48. The van der Waals surface area contributed by atoms with Crippen LogP contribution in [-0.4, -0.2) is 64.9 Å². The molecule has 8 nitrogen and oxygen atoms in total. The van der Waals surface area contributed by atoms with Crippen molar-refractivity contribution < 1.29 is 45.1 Å². The van der Waals surface area contributed by atoms with Crippen LogP contribution in [0, 0.1) is 5.82 Å². The predicted octanol–water partition coefficient (Wildman–Crippen LogP) is 5.11. The Morgan fingerprint density at radius 2 is 1.70 bits per heavy atom. The first kappa shape index (κ1) is 34.6. The molecule has 1 unspecified atom stereocenters. The molecular formula is C29H34F7N5O3. The standard InChI is InChI=1S/C29H34F7N5O3/c1-2-10-40(27(44)38-15-20-11-21(28(31,32)33)14-22(12-20)29(34,35)36)25-17-39(16-19-6-5-7-23(30)13-19)26(43)24(41(25)18-42)8-3-4-9-37/h5-7,11-14,18,24-25H,2-4,8-10,15-17,37H2,1H3,(H,38,44)/t24-,25?/m0/s1. The minimum atomic E-state index is -5.06. The van der Waals surface area contributed by atoms with Gasteiger partial charge in [-0.1, -0.05) is 19.1 Å². The SMILES string of the molecule is CCCN(C(=O)NCc1cc(C(F)(F)F)cc(C(F)(F)F)c1)C1CN(Cc2cccc(F)c2)C(=O)[C@H](CCCCN)N1C=O. The molecule has 2 atom stereocenters. The number of nitrogens with two attached hydrogens (primary N) is 1. The van der Waals surface area contributed by atoms with Crippen molar-refractivity contribution in [2.24, 2.45) is 5.73 Å². The normalized spacial score (nSPS) is 17.5. The molecule has 0 bridgehead atoms. The van der Waals surface area contributed by atoms with Crippen LogP contribution >= 0.6 is 0 Å². The molecule has 0 aromatic heterocycles. The summed E-state index contributed by atoms with van der Waals surface area (Å²) in [5.41, 5.74) is 2.58. The third-order valence-electron chi connectivity index (χ3n) is 7.18. The van der Waals surface area contributed by atoms with Gasteiger partial charge in [-0.25, -0.2) is 9.18 Å². The van der Waals surface area contributed by atoms with Gasteiger partial charge < -0.3 is 25.8 Å². The van der Waals surface area contributed by atoms with E-state index in [1.165, 1.54) is 32.9 Å². The number of rotatable bonds is 12. The van der Waals surface area contributed by atoms with Crippen molar-refractivity contribution in [3.05, 3.63) is 70.5 Å². The van der Waals surface area contributed by atoms with E-state index >= 15 is 0 Å². The van der Waals surface area contributed by atoms with Crippen LogP contribution in [0.15, 0.2) is 42.5 Å².